The Morgan fingerprint density at radius 2 is 2.10 bits per heavy atom. The number of rotatable bonds is 4. The lowest BCUT2D eigenvalue weighted by molar-refractivity contribution is 0.601. The molecule has 0 radical (unpaired) electrons. The Kier molecular flexibility index (Phi) is 4.88. The van der Waals surface area contributed by atoms with E-state index in [1.54, 1.807) is 13.0 Å². The summed E-state index contributed by atoms with van der Waals surface area (Å²) in [4.78, 5) is 4.15. The van der Waals surface area contributed by atoms with Crippen LogP contribution in [0.2, 0.25) is 5.02 Å². The Morgan fingerprint density at radius 1 is 1.38 bits per heavy atom. The molecule has 0 spiro atoms. The highest BCUT2D eigenvalue weighted by Crippen LogP contribution is 2.23. The van der Waals surface area contributed by atoms with Crippen molar-refractivity contribution >= 4 is 43.4 Å². The number of benzene rings is 1. The van der Waals surface area contributed by atoms with Gasteiger partial charge in [-0.3, -0.25) is 4.72 Å². The highest BCUT2D eigenvalue weighted by Gasteiger charge is 2.17. The minimum absolute atomic E-state index is 0.0940. The van der Waals surface area contributed by atoms with Crippen molar-refractivity contribution in [1.29, 1.82) is 0 Å². The van der Waals surface area contributed by atoms with Crippen molar-refractivity contribution in [2.45, 2.75) is 18.4 Å². The van der Waals surface area contributed by atoms with Gasteiger partial charge < -0.3 is 5.73 Å². The maximum absolute atomic E-state index is 12.4. The summed E-state index contributed by atoms with van der Waals surface area (Å²) in [5.41, 5.74) is 6.82. The van der Waals surface area contributed by atoms with Crippen molar-refractivity contribution in [2.24, 2.45) is 5.73 Å². The van der Waals surface area contributed by atoms with Crippen LogP contribution in [0.4, 0.5) is 5.82 Å². The molecule has 0 amide bonds. The number of anilines is 1. The molecule has 2 aromatic rings. The van der Waals surface area contributed by atoms with Gasteiger partial charge in [-0.15, -0.1) is 0 Å². The van der Waals surface area contributed by atoms with Crippen molar-refractivity contribution in [3.63, 3.8) is 0 Å². The molecule has 8 heteroatoms. The molecule has 0 saturated heterocycles. The molecular weight excluding hydrogens is 378 g/mol. The second-order valence-corrected chi connectivity index (χ2v) is 7.39. The van der Waals surface area contributed by atoms with Gasteiger partial charge in [0.2, 0.25) is 0 Å². The lowest BCUT2D eigenvalue weighted by Crippen LogP contribution is -2.15. The van der Waals surface area contributed by atoms with E-state index < -0.39 is 10.0 Å². The van der Waals surface area contributed by atoms with Gasteiger partial charge >= 0.3 is 0 Å². The summed E-state index contributed by atoms with van der Waals surface area (Å²) in [6.07, 6.45) is 1.53. The van der Waals surface area contributed by atoms with Crippen LogP contribution in [0.5, 0.6) is 0 Å². The first-order valence-electron chi connectivity index (χ1n) is 5.97. The molecule has 0 bridgehead atoms. The predicted octanol–water partition coefficient (Wildman–Crippen LogP) is 3.07. The molecule has 0 unspecified atom stereocenters. The molecule has 0 aliphatic carbocycles. The summed E-state index contributed by atoms with van der Waals surface area (Å²) >= 11 is 9.22. The van der Waals surface area contributed by atoms with Crippen LogP contribution in [0.3, 0.4) is 0 Å². The smallest absolute Gasteiger partial charge is 0.263 e. The number of nitrogens with zero attached hydrogens (tertiary/aromatic N) is 1. The molecule has 21 heavy (non-hydrogen) atoms. The van der Waals surface area contributed by atoms with Gasteiger partial charge in [-0.25, -0.2) is 13.4 Å². The molecule has 0 saturated carbocycles. The minimum atomic E-state index is -3.74. The van der Waals surface area contributed by atoms with Crippen LogP contribution < -0.4 is 10.5 Å². The van der Waals surface area contributed by atoms with Gasteiger partial charge in [0.05, 0.1) is 4.90 Å². The second-order valence-electron chi connectivity index (χ2n) is 4.38. The van der Waals surface area contributed by atoms with E-state index in [2.05, 4.69) is 25.6 Å². The molecule has 112 valence electrons. The van der Waals surface area contributed by atoms with E-state index in [9.17, 15) is 8.42 Å². The molecule has 0 aliphatic rings. The zero-order valence-electron chi connectivity index (χ0n) is 11.1. The summed E-state index contributed by atoms with van der Waals surface area (Å²) in [7, 11) is -3.74. The number of hydrogen-bond acceptors (Lipinski definition) is 4. The third kappa shape index (κ3) is 3.74. The van der Waals surface area contributed by atoms with E-state index in [1.807, 2.05) is 0 Å². The molecular formula is C13H13BrClN3O2S. The van der Waals surface area contributed by atoms with Crippen LogP contribution in [0.1, 0.15) is 11.1 Å². The third-order valence-electron chi connectivity index (χ3n) is 2.82. The number of aryl methyl sites for hydroxylation is 1. The van der Waals surface area contributed by atoms with Crippen LogP contribution >= 0.6 is 27.5 Å². The summed E-state index contributed by atoms with van der Waals surface area (Å²) in [5, 5.41) is 0.439. The summed E-state index contributed by atoms with van der Waals surface area (Å²) in [6.45, 7) is 1.93. The number of nitrogens with one attached hydrogen (secondary N) is 1. The van der Waals surface area contributed by atoms with Gasteiger partial charge in [0.25, 0.3) is 10.0 Å². The molecule has 5 nitrogen and oxygen atoms in total. The van der Waals surface area contributed by atoms with Crippen molar-refractivity contribution < 1.29 is 8.42 Å². The molecule has 3 N–H and O–H groups in total. The second kappa shape index (κ2) is 6.31. The maximum Gasteiger partial charge on any atom is 0.263 e. The standard InChI is InChI=1S/C13H13BrClN3O2S/c1-8-4-10(14)7-17-13(8)18-21(19,20)11-2-3-12(15)9(5-11)6-16/h2-5,7H,6,16H2,1H3,(H,17,18). The number of pyridine rings is 1. The molecule has 1 heterocycles. The van der Waals surface area contributed by atoms with Gasteiger partial charge in [0.15, 0.2) is 0 Å². The van der Waals surface area contributed by atoms with Gasteiger partial charge in [0.1, 0.15) is 5.82 Å². The first-order valence-corrected chi connectivity index (χ1v) is 8.62. The molecule has 1 aromatic heterocycles. The fourth-order valence-electron chi connectivity index (χ4n) is 1.71. The average molecular weight is 391 g/mol. The van der Waals surface area contributed by atoms with Crippen LogP contribution in [0.25, 0.3) is 0 Å². The van der Waals surface area contributed by atoms with E-state index in [4.69, 9.17) is 17.3 Å². The zero-order chi connectivity index (χ0) is 15.6. The molecule has 1 aromatic carbocycles. The molecule has 0 atom stereocenters. The minimum Gasteiger partial charge on any atom is -0.326 e. The average Bonchev–Trinajstić information content (AvgIpc) is 2.42. The normalized spacial score (nSPS) is 11.4. The van der Waals surface area contributed by atoms with Gasteiger partial charge in [0, 0.05) is 22.2 Å². The van der Waals surface area contributed by atoms with Crippen LogP contribution in [0.15, 0.2) is 39.8 Å². The van der Waals surface area contributed by atoms with Crippen LogP contribution in [-0.4, -0.2) is 13.4 Å². The van der Waals surface area contributed by atoms with E-state index in [-0.39, 0.29) is 17.3 Å². The first kappa shape index (κ1) is 16.2. The number of hydrogen-bond donors (Lipinski definition) is 2. The quantitative estimate of drug-likeness (QED) is 0.840. The summed E-state index contributed by atoms with van der Waals surface area (Å²) < 4.78 is 28.0. The SMILES string of the molecule is Cc1cc(Br)cnc1NS(=O)(=O)c1ccc(Cl)c(CN)c1. The number of nitrogens with two attached hydrogens (primary N) is 1. The van der Waals surface area contributed by atoms with Crippen LogP contribution in [-0.2, 0) is 16.6 Å². The predicted molar refractivity (Wildman–Crippen MR) is 86.8 cm³/mol. The van der Waals surface area contributed by atoms with Crippen LogP contribution in [0, 0.1) is 6.92 Å². The Hall–Kier alpha value is -1.15. The van der Waals surface area contributed by atoms with Gasteiger partial charge in [-0.05, 0) is 58.2 Å². The van der Waals surface area contributed by atoms with Gasteiger partial charge in [-0.1, -0.05) is 11.6 Å². The Morgan fingerprint density at radius 3 is 2.71 bits per heavy atom. The van der Waals surface area contributed by atoms with E-state index in [1.165, 1.54) is 24.4 Å². The molecule has 2 rings (SSSR count). The first-order chi connectivity index (χ1) is 9.83. The summed E-state index contributed by atoms with van der Waals surface area (Å²) in [5.74, 6) is 0.280. The zero-order valence-corrected chi connectivity index (χ0v) is 14.3. The lowest BCUT2D eigenvalue weighted by atomic mass is 10.2. The number of halogens is 2. The highest BCUT2D eigenvalue weighted by molar-refractivity contribution is 9.10. The topological polar surface area (TPSA) is 85.1 Å². The largest absolute Gasteiger partial charge is 0.326 e. The third-order valence-corrected chi connectivity index (χ3v) is 4.96. The van der Waals surface area contributed by atoms with Crippen molar-refractivity contribution in [3.05, 3.63) is 51.1 Å². The number of aromatic nitrogens is 1. The fourth-order valence-corrected chi connectivity index (χ4v) is 3.48. The van der Waals surface area contributed by atoms with E-state index in [0.29, 0.717) is 16.1 Å². The summed E-state index contributed by atoms with van der Waals surface area (Å²) in [6, 6.07) is 6.18. The van der Waals surface area contributed by atoms with Gasteiger partial charge in [-0.2, -0.15) is 0 Å². The van der Waals surface area contributed by atoms with Crippen molar-refractivity contribution in [3.8, 4) is 0 Å². The van der Waals surface area contributed by atoms with E-state index >= 15 is 0 Å². The monoisotopic (exact) mass is 389 g/mol. The van der Waals surface area contributed by atoms with E-state index in [0.717, 1.165) is 4.47 Å². The van der Waals surface area contributed by atoms with Crippen molar-refractivity contribution in [2.75, 3.05) is 4.72 Å². The highest BCUT2D eigenvalue weighted by atomic mass is 79.9. The fraction of sp³-hybridized carbons (Fsp3) is 0.154. The Bertz CT molecular complexity index is 781. The van der Waals surface area contributed by atoms with Crippen molar-refractivity contribution in [1.82, 2.24) is 4.98 Å². The maximum atomic E-state index is 12.4. The molecule has 0 fully saturated rings. The lowest BCUT2D eigenvalue weighted by Gasteiger charge is -2.11. The Labute approximate surface area is 136 Å². The number of sulfonamides is 1. The Balaban J connectivity index is 2.38. The molecule has 0 aliphatic heterocycles.